The van der Waals surface area contributed by atoms with Gasteiger partial charge in [0.1, 0.15) is 11.5 Å². The minimum absolute atomic E-state index is 0. The molecule has 0 aromatic carbocycles. The van der Waals surface area contributed by atoms with Gasteiger partial charge in [-0.05, 0) is 0 Å². The number of carbonyl (C=O) groups excluding carboxylic acids is 2. The summed E-state index contributed by atoms with van der Waals surface area (Å²) < 4.78 is 0. The molecular weight excluding hydrogens is 392 g/mol. The summed E-state index contributed by atoms with van der Waals surface area (Å²) in [6.07, 6.45) is 2.67. The number of rotatable bonds is 2. The first-order valence-electron chi connectivity index (χ1n) is 9.01. The van der Waals surface area contributed by atoms with Crippen molar-refractivity contribution in [3.8, 4) is 0 Å². The molecule has 0 bridgehead atoms. The van der Waals surface area contributed by atoms with E-state index in [9.17, 15) is 19.8 Å². The Kier molecular flexibility index (Phi) is 11.9. The van der Waals surface area contributed by atoms with Crippen LogP contribution < -0.4 is 0 Å². The van der Waals surface area contributed by atoms with Gasteiger partial charge in [-0.25, -0.2) is 0 Å². The Hall–Kier alpha value is -1.06. The maximum Gasteiger partial charge on any atom is 0.164 e. The second-order valence-corrected chi connectivity index (χ2v) is 10.8. The molecule has 5 heteroatoms. The van der Waals surface area contributed by atoms with E-state index in [1.165, 1.54) is 12.2 Å². The van der Waals surface area contributed by atoms with Crippen molar-refractivity contribution in [3.05, 3.63) is 23.7 Å². The first kappa shape index (κ1) is 30.7. The summed E-state index contributed by atoms with van der Waals surface area (Å²) in [7, 11) is 0. The summed E-state index contributed by atoms with van der Waals surface area (Å²) in [6.45, 7) is 22.2. The number of aliphatic hydroxyl groups is 2. The molecular formula is C22H40CuO4. The Morgan fingerprint density at radius 2 is 0.704 bits per heavy atom. The van der Waals surface area contributed by atoms with Crippen LogP contribution in [0.15, 0.2) is 23.7 Å². The van der Waals surface area contributed by atoms with Crippen molar-refractivity contribution in [2.45, 2.75) is 83.1 Å². The van der Waals surface area contributed by atoms with E-state index in [4.69, 9.17) is 0 Å². The number of ketones is 2. The molecule has 0 fully saturated rings. The van der Waals surface area contributed by atoms with Crippen LogP contribution in [0, 0.1) is 21.7 Å². The van der Waals surface area contributed by atoms with Gasteiger partial charge >= 0.3 is 0 Å². The molecule has 27 heavy (non-hydrogen) atoms. The van der Waals surface area contributed by atoms with E-state index in [2.05, 4.69) is 0 Å². The molecule has 0 atom stereocenters. The Morgan fingerprint density at radius 1 is 0.519 bits per heavy atom. The minimum Gasteiger partial charge on any atom is -0.512 e. The van der Waals surface area contributed by atoms with Gasteiger partial charge in [-0.2, -0.15) is 0 Å². The Labute approximate surface area is 177 Å². The third-order valence-corrected chi connectivity index (χ3v) is 3.55. The van der Waals surface area contributed by atoms with Gasteiger partial charge in [0.25, 0.3) is 0 Å². The molecule has 0 saturated carbocycles. The number of carbonyl (C=O) groups is 2. The van der Waals surface area contributed by atoms with Gasteiger partial charge in [-0.15, -0.1) is 0 Å². The fourth-order valence-electron chi connectivity index (χ4n) is 1.11. The molecule has 163 valence electrons. The fourth-order valence-corrected chi connectivity index (χ4v) is 1.11. The summed E-state index contributed by atoms with van der Waals surface area (Å²) in [6, 6.07) is 0. The minimum atomic E-state index is -0.417. The number of aliphatic hydroxyl groups excluding tert-OH is 2. The summed E-state index contributed by atoms with van der Waals surface area (Å²) in [5, 5.41) is 19.1. The molecule has 0 saturated heterocycles. The van der Waals surface area contributed by atoms with Crippen LogP contribution in [-0.4, -0.2) is 21.8 Å². The van der Waals surface area contributed by atoms with Crippen LogP contribution in [0.3, 0.4) is 0 Å². The maximum atomic E-state index is 11.5. The molecule has 0 rings (SSSR count). The molecule has 0 spiro atoms. The molecule has 0 aromatic heterocycles. The summed E-state index contributed by atoms with van der Waals surface area (Å²) >= 11 is 0. The number of hydrogen-bond donors (Lipinski definition) is 2. The normalized spacial score (nSPS) is 13.9. The first-order chi connectivity index (χ1) is 11.1. The average molecular weight is 432 g/mol. The third-order valence-electron chi connectivity index (χ3n) is 3.55. The van der Waals surface area contributed by atoms with E-state index < -0.39 is 10.8 Å². The Bertz CT molecular complexity index is 505. The van der Waals surface area contributed by atoms with Crippen molar-refractivity contribution in [3.63, 3.8) is 0 Å². The molecule has 2 N–H and O–H groups in total. The number of hydrogen-bond acceptors (Lipinski definition) is 4. The van der Waals surface area contributed by atoms with Gasteiger partial charge in [-0.3, -0.25) is 9.59 Å². The van der Waals surface area contributed by atoms with Crippen molar-refractivity contribution in [2.24, 2.45) is 21.7 Å². The van der Waals surface area contributed by atoms with Crippen LogP contribution in [0.2, 0.25) is 0 Å². The van der Waals surface area contributed by atoms with Gasteiger partial charge in [0.2, 0.25) is 0 Å². The van der Waals surface area contributed by atoms with E-state index in [0.717, 1.165) is 0 Å². The predicted molar refractivity (Wildman–Crippen MR) is 109 cm³/mol. The van der Waals surface area contributed by atoms with Crippen molar-refractivity contribution in [1.82, 2.24) is 0 Å². The fraction of sp³-hybridized carbons (Fsp3) is 0.727. The standard InChI is InChI=1S/2C11H20O2.Cu/c2*1-10(2,3)8(12)7-9(13)11(4,5)6;/h2*7,12H,1-6H3;. The van der Waals surface area contributed by atoms with E-state index in [-0.39, 0.29) is 51.0 Å². The summed E-state index contributed by atoms with van der Waals surface area (Å²) in [4.78, 5) is 23.0. The van der Waals surface area contributed by atoms with Crippen LogP contribution in [0.4, 0.5) is 0 Å². The van der Waals surface area contributed by atoms with Gasteiger partial charge in [-0.1, -0.05) is 83.1 Å². The second-order valence-electron chi connectivity index (χ2n) is 10.8. The van der Waals surface area contributed by atoms with Crippen molar-refractivity contribution in [1.29, 1.82) is 0 Å². The zero-order chi connectivity index (χ0) is 21.7. The van der Waals surface area contributed by atoms with Gasteiger partial charge in [0.05, 0.1) is 0 Å². The maximum absolute atomic E-state index is 11.5. The van der Waals surface area contributed by atoms with Crippen LogP contribution in [0.25, 0.3) is 0 Å². The van der Waals surface area contributed by atoms with Crippen molar-refractivity contribution in [2.75, 3.05) is 0 Å². The van der Waals surface area contributed by atoms with Crippen LogP contribution >= 0.6 is 0 Å². The van der Waals surface area contributed by atoms with Crippen LogP contribution in [0.1, 0.15) is 83.1 Å². The third kappa shape index (κ3) is 13.7. The monoisotopic (exact) mass is 431 g/mol. The van der Waals surface area contributed by atoms with E-state index >= 15 is 0 Å². The van der Waals surface area contributed by atoms with Gasteiger partial charge in [0, 0.05) is 50.9 Å². The summed E-state index contributed by atoms with van der Waals surface area (Å²) in [5.41, 5.74) is -1.53. The molecule has 0 aliphatic carbocycles. The van der Waals surface area contributed by atoms with E-state index in [1.807, 2.05) is 83.1 Å². The molecule has 0 unspecified atom stereocenters. The van der Waals surface area contributed by atoms with Crippen LogP contribution in [0.5, 0.6) is 0 Å². The topological polar surface area (TPSA) is 74.6 Å². The smallest absolute Gasteiger partial charge is 0.164 e. The molecule has 0 heterocycles. The summed E-state index contributed by atoms with van der Waals surface area (Å²) in [5.74, 6) is 0.208. The zero-order valence-corrected chi connectivity index (χ0v) is 20.1. The van der Waals surface area contributed by atoms with Crippen LogP contribution in [-0.2, 0) is 26.7 Å². The molecule has 4 nitrogen and oxygen atoms in total. The molecule has 0 aromatic rings. The molecule has 1 radical (unpaired) electrons. The van der Waals surface area contributed by atoms with Crippen molar-refractivity contribution >= 4 is 11.6 Å². The largest absolute Gasteiger partial charge is 0.512 e. The molecule has 0 amide bonds. The SMILES string of the molecule is CC(C)(C)C(=O)C=C(O)C(C)(C)C.CC(C)(C)C(=O)C=C(O)C(C)(C)C.[Cu]. The predicted octanol–water partition coefficient (Wildman–Crippen LogP) is 6.18. The van der Waals surface area contributed by atoms with Crippen molar-refractivity contribution < 1.29 is 36.9 Å². The van der Waals surface area contributed by atoms with E-state index in [1.54, 1.807) is 0 Å². The average Bonchev–Trinajstić information content (AvgIpc) is 2.34. The van der Waals surface area contributed by atoms with Gasteiger partial charge < -0.3 is 10.2 Å². The Balaban J connectivity index is -0.000000411. The second kappa shape index (κ2) is 10.5. The Morgan fingerprint density at radius 3 is 0.815 bits per heavy atom. The van der Waals surface area contributed by atoms with E-state index in [0.29, 0.717) is 0 Å². The first-order valence-corrected chi connectivity index (χ1v) is 9.01. The zero-order valence-electron chi connectivity index (χ0n) is 19.2. The molecule has 0 aliphatic rings. The number of allylic oxidation sites excluding steroid dienone is 4. The van der Waals surface area contributed by atoms with Gasteiger partial charge in [0.15, 0.2) is 11.6 Å². The molecule has 0 aliphatic heterocycles. The quantitative estimate of drug-likeness (QED) is 0.311.